The Labute approximate surface area is 111 Å². The van der Waals surface area contributed by atoms with Crippen molar-refractivity contribution in [2.24, 2.45) is 7.05 Å². The zero-order chi connectivity index (χ0) is 13.1. The van der Waals surface area contributed by atoms with Crippen LogP contribution in [0.15, 0.2) is 24.8 Å². The summed E-state index contributed by atoms with van der Waals surface area (Å²) in [6.07, 6.45) is 9.53. The Morgan fingerprint density at radius 3 is 2.53 bits per heavy atom. The molecule has 6 nitrogen and oxygen atoms in total. The van der Waals surface area contributed by atoms with Crippen LogP contribution in [0.3, 0.4) is 0 Å². The van der Waals surface area contributed by atoms with Gasteiger partial charge in [-0.05, 0) is 25.9 Å². The molecule has 2 aromatic rings. The van der Waals surface area contributed by atoms with Crippen LogP contribution in [0.2, 0.25) is 0 Å². The van der Waals surface area contributed by atoms with E-state index in [0.717, 1.165) is 37.1 Å². The second kappa shape index (κ2) is 5.36. The number of piperidine rings is 1. The van der Waals surface area contributed by atoms with Crippen molar-refractivity contribution in [2.75, 3.05) is 13.1 Å². The minimum absolute atomic E-state index is 0.227. The van der Waals surface area contributed by atoms with Crippen molar-refractivity contribution in [3.8, 4) is 17.1 Å². The normalized spacial score (nSPS) is 16.5. The minimum Gasteiger partial charge on any atom is -0.460 e. The van der Waals surface area contributed by atoms with E-state index in [9.17, 15) is 0 Å². The van der Waals surface area contributed by atoms with Crippen molar-refractivity contribution in [3.05, 3.63) is 24.8 Å². The largest absolute Gasteiger partial charge is 0.460 e. The number of aromatic nitrogens is 4. The van der Waals surface area contributed by atoms with Gasteiger partial charge in [0.15, 0.2) is 0 Å². The van der Waals surface area contributed by atoms with Gasteiger partial charge in [-0.1, -0.05) is 0 Å². The lowest BCUT2D eigenvalue weighted by Crippen LogP contribution is -2.34. The van der Waals surface area contributed by atoms with Gasteiger partial charge in [-0.25, -0.2) is 9.97 Å². The van der Waals surface area contributed by atoms with Gasteiger partial charge in [0.25, 0.3) is 0 Å². The third-order valence-corrected chi connectivity index (χ3v) is 3.22. The van der Waals surface area contributed by atoms with Crippen LogP contribution >= 0.6 is 0 Å². The highest BCUT2D eigenvalue weighted by Crippen LogP contribution is 2.18. The fraction of sp³-hybridized carbons (Fsp3) is 0.462. The highest BCUT2D eigenvalue weighted by molar-refractivity contribution is 5.59. The first kappa shape index (κ1) is 12.1. The number of rotatable bonds is 3. The van der Waals surface area contributed by atoms with Crippen molar-refractivity contribution in [2.45, 2.75) is 18.9 Å². The van der Waals surface area contributed by atoms with Gasteiger partial charge < -0.3 is 10.1 Å². The third-order valence-electron chi connectivity index (χ3n) is 3.22. The van der Waals surface area contributed by atoms with Crippen molar-refractivity contribution in [3.63, 3.8) is 0 Å². The molecule has 0 aromatic carbocycles. The van der Waals surface area contributed by atoms with Crippen LogP contribution in [0.1, 0.15) is 12.8 Å². The van der Waals surface area contributed by atoms with Gasteiger partial charge in [0.05, 0.1) is 6.20 Å². The summed E-state index contributed by atoms with van der Waals surface area (Å²) in [7, 11) is 1.89. The fourth-order valence-electron chi connectivity index (χ4n) is 2.16. The molecule has 0 saturated carbocycles. The molecule has 0 aliphatic carbocycles. The first-order chi connectivity index (χ1) is 9.31. The Balaban J connectivity index is 1.68. The smallest absolute Gasteiger partial charge is 0.316 e. The quantitative estimate of drug-likeness (QED) is 0.891. The van der Waals surface area contributed by atoms with Crippen molar-refractivity contribution >= 4 is 0 Å². The van der Waals surface area contributed by atoms with Gasteiger partial charge in [0.1, 0.15) is 6.10 Å². The van der Waals surface area contributed by atoms with Crippen LogP contribution in [-0.2, 0) is 7.05 Å². The summed E-state index contributed by atoms with van der Waals surface area (Å²) >= 11 is 0. The van der Waals surface area contributed by atoms with E-state index in [1.807, 2.05) is 13.2 Å². The van der Waals surface area contributed by atoms with E-state index in [0.29, 0.717) is 6.01 Å². The Bertz CT molecular complexity index is 530. The van der Waals surface area contributed by atoms with Gasteiger partial charge >= 0.3 is 6.01 Å². The minimum atomic E-state index is 0.227. The van der Waals surface area contributed by atoms with Crippen LogP contribution in [0.5, 0.6) is 6.01 Å². The molecule has 0 spiro atoms. The maximum absolute atomic E-state index is 5.77. The molecule has 0 unspecified atom stereocenters. The molecule has 1 aliphatic rings. The topological polar surface area (TPSA) is 64.9 Å². The van der Waals surface area contributed by atoms with E-state index < -0.39 is 0 Å². The van der Waals surface area contributed by atoms with Crippen LogP contribution in [-0.4, -0.2) is 38.9 Å². The number of aryl methyl sites for hydroxylation is 1. The Kier molecular flexibility index (Phi) is 3.41. The standard InChI is InChI=1S/C13H17N5O/c1-18-9-11(8-17-18)10-6-15-13(16-7-10)19-12-2-4-14-5-3-12/h6-9,12,14H,2-5H2,1H3. The number of ether oxygens (including phenoxy) is 1. The molecule has 19 heavy (non-hydrogen) atoms. The highest BCUT2D eigenvalue weighted by atomic mass is 16.5. The first-order valence-electron chi connectivity index (χ1n) is 6.50. The predicted molar refractivity (Wildman–Crippen MR) is 70.8 cm³/mol. The van der Waals surface area contributed by atoms with Gasteiger partial charge in [0.2, 0.25) is 0 Å². The fourth-order valence-corrected chi connectivity index (χ4v) is 2.16. The van der Waals surface area contributed by atoms with Crippen molar-refractivity contribution in [1.29, 1.82) is 0 Å². The molecule has 0 amide bonds. The van der Waals surface area contributed by atoms with E-state index in [1.54, 1.807) is 23.3 Å². The number of nitrogens with one attached hydrogen (secondary N) is 1. The molecule has 3 heterocycles. The lowest BCUT2D eigenvalue weighted by atomic mass is 10.1. The summed E-state index contributed by atoms with van der Waals surface area (Å²) in [6, 6.07) is 0.458. The van der Waals surface area contributed by atoms with E-state index >= 15 is 0 Å². The second-order valence-corrected chi connectivity index (χ2v) is 4.72. The molecule has 0 radical (unpaired) electrons. The highest BCUT2D eigenvalue weighted by Gasteiger charge is 2.15. The van der Waals surface area contributed by atoms with Gasteiger partial charge in [-0.2, -0.15) is 5.10 Å². The van der Waals surface area contributed by atoms with E-state index in [1.165, 1.54) is 0 Å². The summed E-state index contributed by atoms with van der Waals surface area (Å²) in [5.41, 5.74) is 1.96. The molecule has 1 aliphatic heterocycles. The Morgan fingerprint density at radius 2 is 1.89 bits per heavy atom. The third kappa shape index (κ3) is 2.90. The SMILES string of the molecule is Cn1cc(-c2cnc(OC3CCNCC3)nc2)cn1. The average molecular weight is 259 g/mol. The van der Waals surface area contributed by atoms with Crippen molar-refractivity contribution < 1.29 is 4.74 Å². The van der Waals surface area contributed by atoms with Crippen LogP contribution in [0, 0.1) is 0 Å². The van der Waals surface area contributed by atoms with Gasteiger partial charge in [-0.3, -0.25) is 4.68 Å². The molecule has 2 aromatic heterocycles. The Hall–Kier alpha value is -1.95. The molecule has 0 bridgehead atoms. The molecular formula is C13H17N5O. The summed E-state index contributed by atoms with van der Waals surface area (Å²) < 4.78 is 7.53. The monoisotopic (exact) mass is 259 g/mol. The van der Waals surface area contributed by atoms with Crippen molar-refractivity contribution in [1.82, 2.24) is 25.1 Å². The number of nitrogens with zero attached hydrogens (tertiary/aromatic N) is 4. The maximum atomic E-state index is 5.77. The van der Waals surface area contributed by atoms with Crippen LogP contribution < -0.4 is 10.1 Å². The van der Waals surface area contributed by atoms with Gasteiger partial charge in [-0.15, -0.1) is 0 Å². The molecule has 1 saturated heterocycles. The number of hydrogen-bond donors (Lipinski definition) is 1. The summed E-state index contributed by atoms with van der Waals surface area (Å²) in [5.74, 6) is 0. The summed E-state index contributed by atoms with van der Waals surface area (Å²) in [6.45, 7) is 2.00. The van der Waals surface area contributed by atoms with E-state index in [-0.39, 0.29) is 6.10 Å². The number of hydrogen-bond acceptors (Lipinski definition) is 5. The van der Waals surface area contributed by atoms with Crippen LogP contribution in [0.25, 0.3) is 11.1 Å². The molecule has 1 N–H and O–H groups in total. The first-order valence-corrected chi connectivity index (χ1v) is 6.50. The molecule has 6 heteroatoms. The molecule has 1 fully saturated rings. The lowest BCUT2D eigenvalue weighted by Gasteiger charge is -2.22. The summed E-state index contributed by atoms with van der Waals surface area (Å²) in [4.78, 5) is 8.54. The lowest BCUT2D eigenvalue weighted by molar-refractivity contribution is 0.149. The molecule has 3 rings (SSSR count). The van der Waals surface area contributed by atoms with E-state index in [2.05, 4.69) is 20.4 Å². The molecule has 0 atom stereocenters. The van der Waals surface area contributed by atoms with Crippen LogP contribution in [0.4, 0.5) is 0 Å². The van der Waals surface area contributed by atoms with E-state index in [4.69, 9.17) is 4.74 Å². The zero-order valence-electron chi connectivity index (χ0n) is 10.9. The zero-order valence-corrected chi connectivity index (χ0v) is 10.9. The maximum Gasteiger partial charge on any atom is 0.316 e. The molecular weight excluding hydrogens is 242 g/mol. The Morgan fingerprint density at radius 1 is 1.16 bits per heavy atom. The average Bonchev–Trinajstić information content (AvgIpc) is 2.87. The molecule has 100 valence electrons. The summed E-state index contributed by atoms with van der Waals surface area (Å²) in [5, 5.41) is 7.44. The second-order valence-electron chi connectivity index (χ2n) is 4.72. The predicted octanol–water partition coefficient (Wildman–Crippen LogP) is 1.01. The van der Waals surface area contributed by atoms with Gasteiger partial charge in [0, 0.05) is 36.8 Å².